The molecule has 0 unspecified atom stereocenters. The molecule has 7 nitrogen and oxygen atoms in total. The molecule has 0 atom stereocenters. The van der Waals surface area contributed by atoms with Gasteiger partial charge in [-0.2, -0.15) is 5.10 Å². The van der Waals surface area contributed by atoms with E-state index in [0.717, 1.165) is 37.3 Å². The van der Waals surface area contributed by atoms with Gasteiger partial charge in [0, 0.05) is 30.7 Å². The molecule has 1 aliphatic rings. The highest BCUT2D eigenvalue weighted by molar-refractivity contribution is 7.13. The molecule has 11 heteroatoms. The van der Waals surface area contributed by atoms with Crippen molar-refractivity contribution >= 4 is 17.2 Å². The van der Waals surface area contributed by atoms with Gasteiger partial charge in [0.2, 0.25) is 5.91 Å². The SMILES string of the molecule is CC(C)(C)n1ncc(-c2nc(CC(=O)NCC3CCOCC3)cs2)c1-c1ccc(OC(F)(F)F)cc1. The van der Waals surface area contributed by atoms with Crippen molar-refractivity contribution in [3.63, 3.8) is 0 Å². The number of rotatable bonds is 7. The second-order valence-electron chi connectivity index (χ2n) is 9.74. The third-order valence-electron chi connectivity index (χ3n) is 5.82. The number of nitrogens with zero attached hydrogens (tertiary/aromatic N) is 3. The van der Waals surface area contributed by atoms with Crippen molar-refractivity contribution < 1.29 is 27.4 Å². The average Bonchev–Trinajstić information content (AvgIpc) is 3.45. The van der Waals surface area contributed by atoms with E-state index < -0.39 is 11.9 Å². The number of carbonyl (C=O) groups is 1. The predicted molar refractivity (Wildman–Crippen MR) is 131 cm³/mol. The maximum absolute atomic E-state index is 12.6. The summed E-state index contributed by atoms with van der Waals surface area (Å²) >= 11 is 1.40. The van der Waals surface area contributed by atoms with Crippen molar-refractivity contribution in [1.82, 2.24) is 20.1 Å². The highest BCUT2D eigenvalue weighted by Crippen LogP contribution is 2.37. The number of hydrogen-bond acceptors (Lipinski definition) is 6. The molecule has 0 bridgehead atoms. The highest BCUT2D eigenvalue weighted by Gasteiger charge is 2.31. The van der Waals surface area contributed by atoms with Crippen molar-refractivity contribution in [3.8, 4) is 27.6 Å². The van der Waals surface area contributed by atoms with Crippen LogP contribution in [0.15, 0.2) is 35.8 Å². The lowest BCUT2D eigenvalue weighted by Crippen LogP contribution is -2.33. The van der Waals surface area contributed by atoms with E-state index in [2.05, 4.69) is 20.1 Å². The van der Waals surface area contributed by atoms with E-state index >= 15 is 0 Å². The Hall–Kier alpha value is -2.92. The van der Waals surface area contributed by atoms with Gasteiger partial charge in [-0.05, 0) is 63.8 Å². The Morgan fingerprint density at radius 3 is 2.53 bits per heavy atom. The first-order chi connectivity index (χ1) is 17.0. The van der Waals surface area contributed by atoms with E-state index in [1.807, 2.05) is 30.8 Å². The van der Waals surface area contributed by atoms with Crippen LogP contribution >= 0.6 is 11.3 Å². The van der Waals surface area contributed by atoms with Crippen LogP contribution in [0.2, 0.25) is 0 Å². The number of aromatic nitrogens is 3. The molecule has 1 N–H and O–H groups in total. The Labute approximate surface area is 211 Å². The molecule has 3 heterocycles. The fourth-order valence-corrected chi connectivity index (χ4v) is 4.88. The van der Waals surface area contributed by atoms with Crippen molar-refractivity contribution in [2.45, 2.75) is 51.9 Å². The van der Waals surface area contributed by atoms with Crippen LogP contribution in [0.1, 0.15) is 39.3 Å². The summed E-state index contributed by atoms with van der Waals surface area (Å²) < 4.78 is 48.9. The van der Waals surface area contributed by atoms with Crippen LogP contribution in [0.5, 0.6) is 5.75 Å². The number of benzene rings is 1. The summed E-state index contributed by atoms with van der Waals surface area (Å²) in [6, 6.07) is 5.70. The van der Waals surface area contributed by atoms with Crippen molar-refractivity contribution in [2.24, 2.45) is 5.92 Å². The molecule has 0 aliphatic carbocycles. The molecule has 1 aromatic carbocycles. The van der Waals surface area contributed by atoms with Gasteiger partial charge in [0.1, 0.15) is 10.8 Å². The quantitative estimate of drug-likeness (QED) is 0.449. The lowest BCUT2D eigenvalue weighted by atomic mass is 10.0. The van der Waals surface area contributed by atoms with Crippen LogP contribution in [-0.2, 0) is 21.5 Å². The lowest BCUT2D eigenvalue weighted by Gasteiger charge is -2.23. The summed E-state index contributed by atoms with van der Waals surface area (Å²) in [7, 11) is 0. The van der Waals surface area contributed by atoms with E-state index in [0.29, 0.717) is 28.7 Å². The van der Waals surface area contributed by atoms with E-state index in [-0.39, 0.29) is 18.1 Å². The molecule has 1 fully saturated rings. The van der Waals surface area contributed by atoms with Gasteiger partial charge in [-0.15, -0.1) is 24.5 Å². The fraction of sp³-hybridized carbons (Fsp3) is 0.480. The van der Waals surface area contributed by atoms with E-state index in [4.69, 9.17) is 4.74 Å². The molecule has 1 amide bonds. The Bertz CT molecular complexity index is 1180. The van der Waals surface area contributed by atoms with Gasteiger partial charge in [0.25, 0.3) is 0 Å². The zero-order valence-electron chi connectivity index (χ0n) is 20.4. The van der Waals surface area contributed by atoms with Crippen LogP contribution in [0.3, 0.4) is 0 Å². The molecule has 0 radical (unpaired) electrons. The summed E-state index contributed by atoms with van der Waals surface area (Å²) in [5.74, 6) is 0.0644. The Morgan fingerprint density at radius 1 is 1.19 bits per heavy atom. The maximum Gasteiger partial charge on any atom is 0.573 e. The summed E-state index contributed by atoms with van der Waals surface area (Å²) in [5.41, 5.74) is 2.42. The minimum Gasteiger partial charge on any atom is -0.406 e. The zero-order valence-corrected chi connectivity index (χ0v) is 21.2. The number of carbonyl (C=O) groups excluding carboxylic acids is 1. The zero-order chi connectivity index (χ0) is 25.9. The molecule has 0 spiro atoms. The first-order valence-electron chi connectivity index (χ1n) is 11.7. The number of nitrogens with one attached hydrogen (secondary N) is 1. The van der Waals surface area contributed by atoms with E-state index in [9.17, 15) is 18.0 Å². The van der Waals surface area contributed by atoms with Gasteiger partial charge in [-0.25, -0.2) is 4.98 Å². The Kier molecular flexibility index (Phi) is 7.70. The number of amides is 1. The van der Waals surface area contributed by atoms with Crippen LogP contribution in [-0.4, -0.2) is 46.8 Å². The number of halogens is 3. The van der Waals surface area contributed by atoms with Crippen molar-refractivity contribution in [1.29, 1.82) is 0 Å². The van der Waals surface area contributed by atoms with Crippen molar-refractivity contribution in [2.75, 3.05) is 19.8 Å². The second kappa shape index (κ2) is 10.6. The Morgan fingerprint density at radius 2 is 1.89 bits per heavy atom. The minimum absolute atomic E-state index is 0.0794. The molecule has 1 aliphatic heterocycles. The molecule has 0 saturated carbocycles. The fourth-order valence-electron chi connectivity index (χ4n) is 4.05. The average molecular weight is 523 g/mol. The van der Waals surface area contributed by atoms with Crippen LogP contribution in [0, 0.1) is 5.92 Å². The third-order valence-corrected chi connectivity index (χ3v) is 6.74. The van der Waals surface area contributed by atoms with Gasteiger partial charge >= 0.3 is 6.36 Å². The van der Waals surface area contributed by atoms with Gasteiger partial charge in [0.05, 0.1) is 35.1 Å². The number of thiazole rings is 1. The number of alkyl halides is 3. The Balaban J connectivity index is 1.53. The number of ether oxygens (including phenoxy) is 2. The monoisotopic (exact) mass is 522 g/mol. The standard InChI is InChI=1S/C25H29F3N4O3S/c1-24(2,3)32-22(17-4-6-19(7-5-17)35-25(26,27)28)20(14-30-32)23-31-18(15-36-23)12-21(33)29-13-16-8-10-34-11-9-16/h4-7,14-16H,8-13H2,1-3H3,(H,29,33). The first-order valence-corrected chi connectivity index (χ1v) is 12.6. The van der Waals surface area contributed by atoms with Crippen LogP contribution in [0.25, 0.3) is 21.8 Å². The first kappa shape index (κ1) is 26.2. The van der Waals surface area contributed by atoms with Crippen LogP contribution in [0.4, 0.5) is 13.2 Å². The molecule has 36 heavy (non-hydrogen) atoms. The highest BCUT2D eigenvalue weighted by atomic mass is 32.1. The molecule has 1 saturated heterocycles. The van der Waals surface area contributed by atoms with E-state index in [1.165, 1.54) is 23.5 Å². The molecule has 4 rings (SSSR count). The predicted octanol–water partition coefficient (Wildman–Crippen LogP) is 5.41. The van der Waals surface area contributed by atoms with Gasteiger partial charge in [0.15, 0.2) is 0 Å². The molecule has 194 valence electrons. The van der Waals surface area contributed by atoms with Crippen molar-refractivity contribution in [3.05, 3.63) is 41.5 Å². The molecule has 3 aromatic rings. The molecular weight excluding hydrogens is 493 g/mol. The van der Waals surface area contributed by atoms with Crippen LogP contribution < -0.4 is 10.1 Å². The topological polar surface area (TPSA) is 78.3 Å². The largest absolute Gasteiger partial charge is 0.573 e. The second-order valence-corrected chi connectivity index (χ2v) is 10.6. The maximum atomic E-state index is 12.6. The summed E-state index contributed by atoms with van der Waals surface area (Å²) in [6.07, 6.45) is -0.981. The summed E-state index contributed by atoms with van der Waals surface area (Å²) in [6.45, 7) is 8.08. The van der Waals surface area contributed by atoms with Gasteiger partial charge < -0.3 is 14.8 Å². The smallest absolute Gasteiger partial charge is 0.406 e. The number of hydrogen-bond donors (Lipinski definition) is 1. The van der Waals surface area contributed by atoms with Gasteiger partial charge in [-0.3, -0.25) is 9.48 Å². The third kappa shape index (κ3) is 6.64. The molecular formula is C25H29F3N4O3S. The normalized spacial score (nSPS) is 15.2. The summed E-state index contributed by atoms with van der Waals surface area (Å²) in [5, 5.41) is 10.1. The summed E-state index contributed by atoms with van der Waals surface area (Å²) in [4.78, 5) is 17.1. The van der Waals surface area contributed by atoms with E-state index in [1.54, 1.807) is 18.3 Å². The minimum atomic E-state index is -4.76. The van der Waals surface area contributed by atoms with Gasteiger partial charge in [-0.1, -0.05) is 0 Å². The molecule has 2 aromatic heterocycles. The lowest BCUT2D eigenvalue weighted by molar-refractivity contribution is -0.274.